The zero-order valence-electron chi connectivity index (χ0n) is 16.6. The monoisotopic (exact) mass is 374 g/mol. The Hall–Kier alpha value is -2.82. The summed E-state index contributed by atoms with van der Waals surface area (Å²) >= 11 is 0. The van der Waals surface area contributed by atoms with Crippen LogP contribution < -0.4 is 0 Å². The zero-order chi connectivity index (χ0) is 19.3. The molecule has 2 aliphatic rings. The molecule has 0 radical (unpaired) electrons. The molecule has 0 saturated carbocycles. The van der Waals surface area contributed by atoms with E-state index in [2.05, 4.69) is 46.2 Å². The summed E-state index contributed by atoms with van der Waals surface area (Å²) in [7, 11) is 3.96. The van der Waals surface area contributed by atoms with Crippen molar-refractivity contribution in [2.24, 2.45) is 20.0 Å². The van der Waals surface area contributed by atoms with Crippen LogP contribution in [0.25, 0.3) is 22.2 Å². The first-order chi connectivity index (χ1) is 13.6. The van der Waals surface area contributed by atoms with E-state index < -0.39 is 0 Å². The quantitative estimate of drug-likeness (QED) is 0.663. The molecule has 0 N–H and O–H groups in total. The number of fused-ring (bicyclic) bond motifs is 2. The van der Waals surface area contributed by atoms with E-state index in [-0.39, 0.29) is 5.91 Å². The number of carbonyl (C=O) groups is 1. The molecule has 5 heteroatoms. The normalized spacial score (nSPS) is 19.6. The van der Waals surface area contributed by atoms with E-state index in [1.807, 2.05) is 23.7 Å². The van der Waals surface area contributed by atoms with Crippen LogP contribution in [0.1, 0.15) is 42.5 Å². The number of carbonyl (C=O) groups excluding carboxylic acids is 1. The third-order valence-corrected chi connectivity index (χ3v) is 6.35. The maximum Gasteiger partial charge on any atom is 0.261 e. The van der Waals surface area contributed by atoms with Gasteiger partial charge in [0.15, 0.2) is 0 Å². The van der Waals surface area contributed by atoms with Crippen molar-refractivity contribution >= 4 is 16.8 Å². The van der Waals surface area contributed by atoms with E-state index >= 15 is 0 Å². The predicted molar refractivity (Wildman–Crippen MR) is 111 cm³/mol. The molecule has 0 bridgehead atoms. The molecule has 1 saturated heterocycles. The first-order valence-corrected chi connectivity index (χ1v) is 10.2. The molecule has 5 rings (SSSR count). The Labute approximate surface area is 165 Å². The molecule has 5 nitrogen and oxygen atoms in total. The van der Waals surface area contributed by atoms with E-state index in [0.717, 1.165) is 30.6 Å². The third kappa shape index (κ3) is 2.68. The van der Waals surface area contributed by atoms with Crippen molar-refractivity contribution < 1.29 is 4.79 Å². The topological polar surface area (TPSA) is 43.1 Å². The van der Waals surface area contributed by atoms with Crippen molar-refractivity contribution in [1.29, 1.82) is 0 Å². The minimum Gasteiger partial charge on any atom is -0.351 e. The number of allylic oxidation sites excluding steroid dienone is 2. The van der Waals surface area contributed by atoms with Gasteiger partial charge in [-0.25, -0.2) is 0 Å². The van der Waals surface area contributed by atoms with Crippen molar-refractivity contribution in [2.45, 2.75) is 32.1 Å². The summed E-state index contributed by atoms with van der Waals surface area (Å²) in [5.41, 5.74) is 5.06. The second-order valence-electron chi connectivity index (χ2n) is 8.09. The highest BCUT2D eigenvalue weighted by Crippen LogP contribution is 2.37. The number of hydrogen-bond acceptors (Lipinski definition) is 2. The van der Waals surface area contributed by atoms with E-state index in [9.17, 15) is 4.79 Å². The van der Waals surface area contributed by atoms with Gasteiger partial charge in [-0.05, 0) is 56.2 Å². The lowest BCUT2D eigenvalue weighted by molar-refractivity contribution is 0.0749. The molecule has 1 amide bonds. The van der Waals surface area contributed by atoms with Gasteiger partial charge in [0.2, 0.25) is 0 Å². The fourth-order valence-corrected chi connectivity index (χ4v) is 4.91. The van der Waals surface area contributed by atoms with Gasteiger partial charge in [0.05, 0.1) is 17.5 Å². The molecule has 2 aromatic heterocycles. The fraction of sp³-hybridized carbons (Fsp3) is 0.391. The maximum atomic E-state index is 13.6. The number of piperidine rings is 1. The van der Waals surface area contributed by atoms with Gasteiger partial charge in [0, 0.05) is 49.0 Å². The van der Waals surface area contributed by atoms with Crippen LogP contribution in [0.4, 0.5) is 0 Å². The lowest BCUT2D eigenvalue weighted by atomic mass is 9.84. The number of benzene rings is 1. The number of amides is 1. The SMILES string of the molecule is Cn1ncc(C(=O)N2CCCC3CCCC=C32)c1-c1ccc2c(ccn2C)c1. The first kappa shape index (κ1) is 17.3. The first-order valence-electron chi connectivity index (χ1n) is 10.2. The Balaban J connectivity index is 1.56. The molecule has 1 aliphatic carbocycles. The summed E-state index contributed by atoms with van der Waals surface area (Å²) in [6.45, 7) is 0.813. The highest BCUT2D eigenvalue weighted by atomic mass is 16.2. The zero-order valence-corrected chi connectivity index (χ0v) is 16.6. The van der Waals surface area contributed by atoms with Gasteiger partial charge in [-0.1, -0.05) is 12.1 Å². The van der Waals surface area contributed by atoms with Crippen molar-refractivity contribution in [2.75, 3.05) is 6.54 Å². The average molecular weight is 374 g/mol. The minimum atomic E-state index is 0.0918. The van der Waals surface area contributed by atoms with Crippen LogP contribution in [0.5, 0.6) is 0 Å². The molecule has 1 unspecified atom stereocenters. The van der Waals surface area contributed by atoms with Gasteiger partial charge < -0.3 is 9.47 Å². The molecule has 1 fully saturated rings. The summed E-state index contributed by atoms with van der Waals surface area (Å²) in [5, 5.41) is 5.62. The second kappa shape index (κ2) is 6.66. The number of rotatable bonds is 2. The molecule has 144 valence electrons. The molecule has 28 heavy (non-hydrogen) atoms. The number of hydrogen-bond donors (Lipinski definition) is 0. The summed E-state index contributed by atoms with van der Waals surface area (Å²) in [4.78, 5) is 15.6. The van der Waals surface area contributed by atoms with Crippen LogP contribution in [0, 0.1) is 5.92 Å². The largest absolute Gasteiger partial charge is 0.351 e. The van der Waals surface area contributed by atoms with Crippen LogP contribution in [0.2, 0.25) is 0 Å². The number of aromatic nitrogens is 3. The number of aryl methyl sites for hydroxylation is 2. The van der Waals surface area contributed by atoms with Crippen molar-refractivity contribution in [3.05, 3.63) is 54.0 Å². The van der Waals surface area contributed by atoms with Gasteiger partial charge >= 0.3 is 0 Å². The molecule has 0 spiro atoms. The predicted octanol–water partition coefficient (Wildman–Crippen LogP) is 4.50. The van der Waals surface area contributed by atoms with Gasteiger partial charge in [-0.2, -0.15) is 5.10 Å². The van der Waals surface area contributed by atoms with Gasteiger partial charge in [0.1, 0.15) is 0 Å². The second-order valence-corrected chi connectivity index (χ2v) is 8.09. The third-order valence-electron chi connectivity index (χ3n) is 6.35. The van der Waals surface area contributed by atoms with E-state index in [0.29, 0.717) is 11.5 Å². The molecule has 1 atom stereocenters. The molecule has 1 aliphatic heterocycles. The molecule has 3 heterocycles. The van der Waals surface area contributed by atoms with Crippen molar-refractivity contribution in [3.63, 3.8) is 0 Å². The molecular weight excluding hydrogens is 348 g/mol. The van der Waals surface area contributed by atoms with E-state index in [1.165, 1.54) is 35.9 Å². The Morgan fingerprint density at radius 3 is 2.89 bits per heavy atom. The van der Waals surface area contributed by atoms with Gasteiger partial charge in [0.25, 0.3) is 5.91 Å². The fourth-order valence-electron chi connectivity index (χ4n) is 4.91. The average Bonchev–Trinajstić information content (AvgIpc) is 3.29. The Morgan fingerprint density at radius 2 is 2.00 bits per heavy atom. The number of nitrogens with zero attached hydrogens (tertiary/aromatic N) is 4. The van der Waals surface area contributed by atoms with Crippen LogP contribution in [0.3, 0.4) is 0 Å². The van der Waals surface area contributed by atoms with Crippen LogP contribution in [0.15, 0.2) is 48.4 Å². The Bertz CT molecular complexity index is 1090. The highest BCUT2D eigenvalue weighted by Gasteiger charge is 2.32. The van der Waals surface area contributed by atoms with Crippen molar-refractivity contribution in [3.8, 4) is 11.3 Å². The summed E-state index contributed by atoms with van der Waals surface area (Å²) in [5.74, 6) is 0.640. The maximum absolute atomic E-state index is 13.6. The minimum absolute atomic E-state index is 0.0918. The lowest BCUT2D eigenvalue weighted by Crippen LogP contribution is -2.39. The molecule has 3 aromatic rings. The molecule has 1 aromatic carbocycles. The summed E-state index contributed by atoms with van der Waals surface area (Å²) in [6.07, 6.45) is 11.9. The van der Waals surface area contributed by atoms with Crippen LogP contribution in [-0.4, -0.2) is 31.7 Å². The van der Waals surface area contributed by atoms with Crippen LogP contribution >= 0.6 is 0 Å². The summed E-state index contributed by atoms with van der Waals surface area (Å²) in [6, 6.07) is 8.47. The van der Waals surface area contributed by atoms with E-state index in [1.54, 1.807) is 6.20 Å². The highest BCUT2D eigenvalue weighted by molar-refractivity contribution is 6.01. The Morgan fingerprint density at radius 1 is 1.14 bits per heavy atom. The van der Waals surface area contributed by atoms with Gasteiger partial charge in [-0.3, -0.25) is 9.48 Å². The lowest BCUT2D eigenvalue weighted by Gasteiger charge is -2.38. The van der Waals surface area contributed by atoms with E-state index in [4.69, 9.17) is 0 Å². The summed E-state index contributed by atoms with van der Waals surface area (Å²) < 4.78 is 3.94. The smallest absolute Gasteiger partial charge is 0.261 e. The van der Waals surface area contributed by atoms with Crippen LogP contribution in [-0.2, 0) is 14.1 Å². The standard InChI is InChI=1S/C23H26N4O/c1-25-13-11-17-14-18(9-10-20(17)25)22-19(15-24-26(22)2)23(28)27-12-5-7-16-6-3-4-8-21(16)27/h8-11,13-16H,3-7,12H2,1-2H3. The van der Waals surface area contributed by atoms with Gasteiger partial charge in [-0.15, -0.1) is 0 Å². The molecular formula is C23H26N4O. The number of likely N-dealkylation sites (tertiary alicyclic amines) is 1. The Kier molecular flexibility index (Phi) is 4.11. The van der Waals surface area contributed by atoms with Crippen molar-refractivity contribution in [1.82, 2.24) is 19.2 Å².